The van der Waals surface area contributed by atoms with E-state index in [9.17, 15) is 43.2 Å². The Labute approximate surface area is 575 Å². The molecular weight excluding hydrogens is 1230 g/mol. The van der Waals surface area contributed by atoms with E-state index in [0.29, 0.717) is 25.7 Å². The summed E-state index contributed by atoms with van der Waals surface area (Å²) in [4.78, 5) is 72.5. The van der Waals surface area contributed by atoms with E-state index in [1.54, 1.807) is 0 Å². The molecule has 0 amide bonds. The Hall–Kier alpha value is -1.94. The lowest BCUT2D eigenvalue weighted by molar-refractivity contribution is -0.161. The quantitative estimate of drug-likeness (QED) is 0.0222. The summed E-state index contributed by atoms with van der Waals surface area (Å²) in [7, 11) is -9.90. The Kier molecular flexibility index (Phi) is 66.8. The van der Waals surface area contributed by atoms with Gasteiger partial charge in [-0.15, -0.1) is 0 Å². The van der Waals surface area contributed by atoms with Crippen LogP contribution in [0.3, 0.4) is 0 Å². The maximum Gasteiger partial charge on any atom is 0.472 e. The van der Waals surface area contributed by atoms with Gasteiger partial charge in [-0.1, -0.05) is 343 Å². The lowest BCUT2D eigenvalue weighted by Crippen LogP contribution is -2.30. The summed E-state index contributed by atoms with van der Waals surface area (Å²) in [6, 6.07) is 0. The van der Waals surface area contributed by atoms with E-state index in [4.69, 9.17) is 37.0 Å². The first-order valence-electron chi connectivity index (χ1n) is 39.1. The van der Waals surface area contributed by atoms with Gasteiger partial charge in [0.15, 0.2) is 12.2 Å². The normalized spacial score (nSPS) is 14.0. The van der Waals surface area contributed by atoms with Crippen LogP contribution in [0.4, 0.5) is 0 Å². The molecule has 0 aromatic carbocycles. The van der Waals surface area contributed by atoms with Gasteiger partial charge in [0.2, 0.25) is 0 Å². The van der Waals surface area contributed by atoms with Crippen molar-refractivity contribution in [3.8, 4) is 0 Å². The molecule has 0 saturated heterocycles. The van der Waals surface area contributed by atoms with Crippen molar-refractivity contribution in [1.82, 2.24) is 0 Å². The van der Waals surface area contributed by atoms with Crippen LogP contribution in [0, 0.1) is 5.92 Å². The van der Waals surface area contributed by atoms with Crippen LogP contribution < -0.4 is 0 Å². The zero-order chi connectivity index (χ0) is 69.1. The fourth-order valence-corrected chi connectivity index (χ4v) is 13.1. The number of phosphoric acid groups is 2. The van der Waals surface area contributed by atoms with Crippen molar-refractivity contribution in [1.29, 1.82) is 0 Å². The number of aliphatic hydroxyl groups excluding tert-OH is 1. The molecule has 0 aromatic heterocycles. The van der Waals surface area contributed by atoms with Crippen molar-refractivity contribution in [3.63, 3.8) is 0 Å². The van der Waals surface area contributed by atoms with Gasteiger partial charge in [-0.05, 0) is 31.6 Å². The third kappa shape index (κ3) is 68.6. The first-order chi connectivity index (χ1) is 45.5. The van der Waals surface area contributed by atoms with Gasteiger partial charge in [-0.2, -0.15) is 0 Å². The highest BCUT2D eigenvalue weighted by Gasteiger charge is 2.30. The third-order valence-electron chi connectivity index (χ3n) is 17.5. The van der Waals surface area contributed by atoms with Crippen LogP contribution in [0.25, 0.3) is 0 Å². The van der Waals surface area contributed by atoms with Crippen LogP contribution in [0.2, 0.25) is 0 Å². The summed E-state index contributed by atoms with van der Waals surface area (Å²) < 4.78 is 68.3. The molecule has 94 heavy (non-hydrogen) atoms. The molecule has 0 aliphatic rings. The van der Waals surface area contributed by atoms with Crippen molar-refractivity contribution >= 4 is 39.5 Å². The number of rotatable bonds is 75. The second-order valence-corrected chi connectivity index (χ2v) is 30.4. The molecule has 17 nitrogen and oxygen atoms in total. The number of aliphatic hydroxyl groups is 1. The van der Waals surface area contributed by atoms with Crippen molar-refractivity contribution in [2.24, 2.45) is 5.92 Å². The summed E-state index contributed by atoms with van der Waals surface area (Å²) in [5.74, 6) is -1.33. The van der Waals surface area contributed by atoms with Crippen LogP contribution in [0.1, 0.15) is 394 Å². The predicted octanol–water partition coefficient (Wildman–Crippen LogP) is 22.1. The maximum atomic E-state index is 13.1. The van der Waals surface area contributed by atoms with Crippen LogP contribution in [0.5, 0.6) is 0 Å². The van der Waals surface area contributed by atoms with E-state index in [1.807, 2.05) is 0 Å². The monoisotopic (exact) mass is 1380 g/mol. The van der Waals surface area contributed by atoms with E-state index in [0.717, 1.165) is 102 Å². The van der Waals surface area contributed by atoms with Gasteiger partial charge < -0.3 is 33.8 Å². The summed E-state index contributed by atoms with van der Waals surface area (Å²) in [6.45, 7) is 7.22. The minimum absolute atomic E-state index is 0.107. The first kappa shape index (κ1) is 92.1. The topological polar surface area (TPSA) is 237 Å². The summed E-state index contributed by atoms with van der Waals surface area (Å²) >= 11 is 0. The smallest absolute Gasteiger partial charge is 0.462 e. The van der Waals surface area contributed by atoms with E-state index in [-0.39, 0.29) is 25.7 Å². The van der Waals surface area contributed by atoms with Gasteiger partial charge in [-0.25, -0.2) is 9.13 Å². The molecule has 0 rings (SSSR count). The first-order valence-corrected chi connectivity index (χ1v) is 42.1. The Balaban J connectivity index is 5.13. The molecule has 0 heterocycles. The number of carbonyl (C=O) groups excluding carboxylic acids is 4. The second kappa shape index (κ2) is 68.2. The van der Waals surface area contributed by atoms with Gasteiger partial charge in [-0.3, -0.25) is 37.3 Å². The SMILES string of the molecule is CCCCCCCCCCCCCCCCCCCCCCC(=O)O[C@H](COC(=O)CCCCCCCCCCCCCCCC(C)C)COP(=O)(O)OC[C@@H](O)COP(=O)(O)OC[C@@H](COC(=O)CCCCCCC)OC(=O)CCCCCCCCCCCCCCC. The largest absolute Gasteiger partial charge is 0.472 e. The van der Waals surface area contributed by atoms with Gasteiger partial charge in [0.05, 0.1) is 26.4 Å². The highest BCUT2D eigenvalue weighted by atomic mass is 31.2. The predicted molar refractivity (Wildman–Crippen MR) is 382 cm³/mol. The summed E-state index contributed by atoms with van der Waals surface area (Å²) in [5.41, 5.74) is 0. The number of unbranched alkanes of at least 4 members (excludes halogenated alkanes) is 47. The van der Waals surface area contributed by atoms with E-state index in [2.05, 4.69) is 34.6 Å². The molecule has 0 bridgehead atoms. The Morgan fingerprint density at radius 2 is 0.489 bits per heavy atom. The molecule has 19 heteroatoms. The third-order valence-corrected chi connectivity index (χ3v) is 19.4. The molecule has 0 spiro atoms. The number of esters is 4. The standard InChI is InChI=1S/C75H146O17P2/c1-6-9-12-15-17-19-21-23-24-25-26-27-28-29-33-38-42-46-51-56-61-75(80)92-71(65-86-73(78)59-54-49-44-40-36-34-30-32-35-39-43-48-52-57-68(4)5)67-90-94(83,84)88-63-69(76)62-87-93(81,82)89-66-70(64-85-72(77)58-53-47-14-11-8-3)91-74(79)60-55-50-45-41-37-31-22-20-18-16-13-10-7-2/h68-71,76H,6-67H2,1-5H3,(H,81,82)(H,83,84)/t69-,70+,71+/m0/s1. The zero-order valence-electron chi connectivity index (χ0n) is 61.1. The molecule has 558 valence electrons. The molecule has 0 aliphatic heterocycles. The number of phosphoric ester groups is 2. The number of ether oxygens (including phenoxy) is 4. The van der Waals surface area contributed by atoms with Crippen molar-refractivity contribution in [2.75, 3.05) is 39.6 Å². The average molecular weight is 1380 g/mol. The Morgan fingerprint density at radius 1 is 0.287 bits per heavy atom. The van der Waals surface area contributed by atoms with E-state index in [1.165, 1.54) is 212 Å². The van der Waals surface area contributed by atoms with Crippen molar-refractivity contribution in [2.45, 2.75) is 412 Å². The van der Waals surface area contributed by atoms with Crippen molar-refractivity contribution < 1.29 is 80.2 Å². The van der Waals surface area contributed by atoms with Crippen LogP contribution in [-0.4, -0.2) is 96.7 Å². The molecule has 2 unspecified atom stereocenters. The number of hydrogen-bond acceptors (Lipinski definition) is 15. The molecular formula is C75H146O17P2. The maximum absolute atomic E-state index is 13.1. The summed E-state index contributed by atoms with van der Waals surface area (Å²) in [5, 5.41) is 10.6. The minimum Gasteiger partial charge on any atom is -0.462 e. The highest BCUT2D eigenvalue weighted by Crippen LogP contribution is 2.45. The molecule has 0 saturated carbocycles. The zero-order valence-corrected chi connectivity index (χ0v) is 62.9. The average Bonchev–Trinajstić information content (AvgIpc) is 2.14. The molecule has 0 aliphatic carbocycles. The molecule has 0 aromatic rings. The van der Waals surface area contributed by atoms with Gasteiger partial charge >= 0.3 is 39.5 Å². The van der Waals surface area contributed by atoms with Gasteiger partial charge in [0.25, 0.3) is 0 Å². The Morgan fingerprint density at radius 3 is 0.723 bits per heavy atom. The summed E-state index contributed by atoms with van der Waals surface area (Å²) in [6.07, 6.45) is 57.3. The molecule has 5 atom stereocenters. The van der Waals surface area contributed by atoms with Gasteiger partial charge in [0, 0.05) is 25.7 Å². The van der Waals surface area contributed by atoms with E-state index < -0.39 is 97.5 Å². The molecule has 0 radical (unpaired) electrons. The van der Waals surface area contributed by atoms with E-state index >= 15 is 0 Å². The molecule has 0 fully saturated rings. The fourth-order valence-electron chi connectivity index (χ4n) is 11.5. The fraction of sp³-hybridized carbons (Fsp3) is 0.947. The van der Waals surface area contributed by atoms with Crippen molar-refractivity contribution in [3.05, 3.63) is 0 Å². The minimum atomic E-state index is -4.95. The van der Waals surface area contributed by atoms with Crippen LogP contribution >= 0.6 is 15.6 Å². The number of hydrogen-bond donors (Lipinski definition) is 3. The Bertz CT molecular complexity index is 1810. The lowest BCUT2D eigenvalue weighted by Gasteiger charge is -2.21. The van der Waals surface area contributed by atoms with Crippen LogP contribution in [0.15, 0.2) is 0 Å². The molecule has 3 N–H and O–H groups in total. The second-order valence-electron chi connectivity index (χ2n) is 27.5. The highest BCUT2D eigenvalue weighted by molar-refractivity contribution is 7.47. The van der Waals surface area contributed by atoms with Crippen LogP contribution in [-0.2, 0) is 65.4 Å². The van der Waals surface area contributed by atoms with Gasteiger partial charge in [0.1, 0.15) is 19.3 Å². The number of carbonyl (C=O) groups is 4. The lowest BCUT2D eigenvalue weighted by atomic mass is 10.0.